The van der Waals surface area contributed by atoms with Crippen LogP contribution < -0.4 is 5.32 Å². The normalized spacial score (nSPS) is 16.7. The highest BCUT2D eigenvalue weighted by molar-refractivity contribution is 5.92. The van der Waals surface area contributed by atoms with E-state index in [1.807, 2.05) is 0 Å². The van der Waals surface area contributed by atoms with E-state index in [0.717, 1.165) is 25.7 Å². The summed E-state index contributed by atoms with van der Waals surface area (Å²) in [4.78, 5) is 23.2. The molecule has 114 valence electrons. The summed E-state index contributed by atoms with van der Waals surface area (Å²) in [7, 11) is 0. The molecule has 0 aromatic heterocycles. The molecule has 1 aromatic rings. The molecule has 0 heterocycles. The fourth-order valence-electron chi connectivity index (χ4n) is 3.14. The first-order chi connectivity index (χ1) is 9.92. The van der Waals surface area contributed by atoms with Crippen LogP contribution in [0.4, 0.5) is 10.1 Å². The minimum absolute atomic E-state index is 0.0164. The fraction of sp³-hybridized carbons (Fsp3) is 0.500. The molecule has 0 spiro atoms. The van der Waals surface area contributed by atoms with Crippen molar-refractivity contribution in [2.45, 2.75) is 45.4 Å². The first-order valence-electron chi connectivity index (χ1n) is 7.19. The van der Waals surface area contributed by atoms with E-state index in [4.69, 9.17) is 5.11 Å². The van der Waals surface area contributed by atoms with Crippen LogP contribution in [0.25, 0.3) is 0 Å². The van der Waals surface area contributed by atoms with E-state index >= 15 is 0 Å². The number of aliphatic carboxylic acids is 1. The van der Waals surface area contributed by atoms with E-state index in [2.05, 4.69) is 5.32 Å². The van der Waals surface area contributed by atoms with Gasteiger partial charge in [0.05, 0.1) is 6.42 Å². The van der Waals surface area contributed by atoms with Crippen LogP contribution in [0.15, 0.2) is 18.2 Å². The SMILES string of the molecule is Cc1c(F)cccc1NC(=O)CC1(CC(=O)O)CCCC1. The Hall–Kier alpha value is -1.91. The summed E-state index contributed by atoms with van der Waals surface area (Å²) in [5.41, 5.74) is 0.393. The maximum atomic E-state index is 13.5. The molecular weight excluding hydrogens is 273 g/mol. The van der Waals surface area contributed by atoms with Crippen LogP contribution in [0.1, 0.15) is 44.1 Å². The van der Waals surface area contributed by atoms with E-state index in [1.165, 1.54) is 6.07 Å². The average Bonchev–Trinajstić information content (AvgIpc) is 2.82. The lowest BCUT2D eigenvalue weighted by Crippen LogP contribution is -2.28. The van der Waals surface area contributed by atoms with Gasteiger partial charge in [-0.1, -0.05) is 18.9 Å². The van der Waals surface area contributed by atoms with Crippen molar-refractivity contribution in [3.63, 3.8) is 0 Å². The Kier molecular flexibility index (Phi) is 4.60. The third-order valence-electron chi connectivity index (χ3n) is 4.27. The van der Waals surface area contributed by atoms with Crippen LogP contribution in [0.5, 0.6) is 0 Å². The predicted octanol–water partition coefficient (Wildman–Crippen LogP) is 3.50. The molecule has 1 saturated carbocycles. The van der Waals surface area contributed by atoms with Gasteiger partial charge >= 0.3 is 5.97 Å². The molecule has 0 aliphatic heterocycles. The van der Waals surface area contributed by atoms with Gasteiger partial charge in [0.2, 0.25) is 5.91 Å². The highest BCUT2D eigenvalue weighted by atomic mass is 19.1. The third-order valence-corrected chi connectivity index (χ3v) is 4.27. The van der Waals surface area contributed by atoms with Crippen molar-refractivity contribution in [2.75, 3.05) is 5.32 Å². The quantitative estimate of drug-likeness (QED) is 0.873. The van der Waals surface area contributed by atoms with Crippen molar-refractivity contribution in [2.24, 2.45) is 5.41 Å². The molecule has 0 saturated heterocycles. The van der Waals surface area contributed by atoms with Crippen LogP contribution in [0, 0.1) is 18.2 Å². The molecule has 21 heavy (non-hydrogen) atoms. The van der Waals surface area contributed by atoms with Crippen molar-refractivity contribution in [1.82, 2.24) is 0 Å². The zero-order chi connectivity index (χ0) is 15.5. The van der Waals surface area contributed by atoms with E-state index in [9.17, 15) is 14.0 Å². The van der Waals surface area contributed by atoms with Gasteiger partial charge in [0.15, 0.2) is 0 Å². The first-order valence-corrected chi connectivity index (χ1v) is 7.19. The lowest BCUT2D eigenvalue weighted by Gasteiger charge is -2.26. The molecule has 1 amide bonds. The molecular formula is C16H20FNO3. The predicted molar refractivity (Wildman–Crippen MR) is 77.5 cm³/mol. The van der Waals surface area contributed by atoms with Gasteiger partial charge in [-0.05, 0) is 37.3 Å². The monoisotopic (exact) mass is 293 g/mol. The summed E-state index contributed by atoms with van der Waals surface area (Å²) in [6, 6.07) is 4.53. The maximum Gasteiger partial charge on any atom is 0.303 e. The van der Waals surface area contributed by atoms with E-state index in [1.54, 1.807) is 19.1 Å². The molecule has 0 bridgehead atoms. The maximum absolute atomic E-state index is 13.5. The minimum Gasteiger partial charge on any atom is -0.481 e. The van der Waals surface area contributed by atoms with Crippen LogP contribution in [0.2, 0.25) is 0 Å². The van der Waals surface area contributed by atoms with Crippen LogP contribution in [-0.4, -0.2) is 17.0 Å². The van der Waals surface area contributed by atoms with Crippen LogP contribution in [-0.2, 0) is 9.59 Å². The summed E-state index contributed by atoms with van der Waals surface area (Å²) < 4.78 is 13.5. The molecule has 0 radical (unpaired) electrons. The van der Waals surface area contributed by atoms with Gasteiger partial charge in [0.1, 0.15) is 5.82 Å². The van der Waals surface area contributed by atoms with Gasteiger partial charge in [-0.3, -0.25) is 9.59 Å². The summed E-state index contributed by atoms with van der Waals surface area (Å²) in [5, 5.41) is 11.7. The Morgan fingerprint density at radius 2 is 1.95 bits per heavy atom. The molecule has 0 unspecified atom stereocenters. The van der Waals surface area contributed by atoms with Crippen molar-refractivity contribution in [1.29, 1.82) is 0 Å². The van der Waals surface area contributed by atoms with Gasteiger partial charge in [-0.25, -0.2) is 4.39 Å². The molecule has 2 N–H and O–H groups in total. The third kappa shape index (κ3) is 3.80. The van der Waals surface area contributed by atoms with E-state index < -0.39 is 11.4 Å². The number of benzene rings is 1. The highest BCUT2D eigenvalue weighted by Crippen LogP contribution is 2.44. The Bertz CT molecular complexity index is 550. The molecule has 1 aliphatic carbocycles. The number of amides is 1. The van der Waals surface area contributed by atoms with Gasteiger partial charge in [-0.15, -0.1) is 0 Å². The van der Waals surface area contributed by atoms with Crippen molar-refractivity contribution in [3.8, 4) is 0 Å². The highest BCUT2D eigenvalue weighted by Gasteiger charge is 2.38. The summed E-state index contributed by atoms with van der Waals surface area (Å²) in [5.74, 6) is -1.48. The Morgan fingerprint density at radius 1 is 1.29 bits per heavy atom. The second-order valence-electron chi connectivity index (χ2n) is 5.91. The number of carbonyl (C=O) groups excluding carboxylic acids is 1. The smallest absolute Gasteiger partial charge is 0.303 e. The molecule has 0 atom stereocenters. The van der Waals surface area contributed by atoms with E-state index in [-0.39, 0.29) is 24.6 Å². The van der Waals surface area contributed by atoms with Crippen molar-refractivity contribution in [3.05, 3.63) is 29.6 Å². The number of hydrogen-bond donors (Lipinski definition) is 2. The average molecular weight is 293 g/mol. The largest absolute Gasteiger partial charge is 0.481 e. The number of carboxylic acid groups (broad SMARTS) is 1. The number of hydrogen-bond acceptors (Lipinski definition) is 2. The second-order valence-corrected chi connectivity index (χ2v) is 5.91. The van der Waals surface area contributed by atoms with Crippen LogP contribution >= 0.6 is 0 Å². The number of carboxylic acids is 1. The number of carbonyl (C=O) groups is 2. The fourth-order valence-corrected chi connectivity index (χ4v) is 3.14. The van der Waals surface area contributed by atoms with Gasteiger partial charge in [0, 0.05) is 17.7 Å². The van der Waals surface area contributed by atoms with Crippen molar-refractivity contribution < 1.29 is 19.1 Å². The van der Waals surface area contributed by atoms with Gasteiger partial charge < -0.3 is 10.4 Å². The number of nitrogens with one attached hydrogen (secondary N) is 1. The lowest BCUT2D eigenvalue weighted by atomic mass is 9.79. The molecule has 5 heteroatoms. The molecule has 1 aromatic carbocycles. The lowest BCUT2D eigenvalue weighted by molar-refractivity contribution is -0.140. The number of halogens is 1. The minimum atomic E-state index is -0.869. The van der Waals surface area contributed by atoms with Gasteiger partial charge in [-0.2, -0.15) is 0 Å². The molecule has 2 rings (SSSR count). The van der Waals surface area contributed by atoms with E-state index in [0.29, 0.717) is 11.3 Å². The summed E-state index contributed by atoms with van der Waals surface area (Å²) in [6.45, 7) is 1.60. The van der Waals surface area contributed by atoms with Crippen LogP contribution in [0.3, 0.4) is 0 Å². The second kappa shape index (κ2) is 6.24. The topological polar surface area (TPSA) is 66.4 Å². The molecule has 1 aliphatic rings. The first kappa shape index (κ1) is 15.5. The molecule has 4 nitrogen and oxygen atoms in total. The molecule has 1 fully saturated rings. The Balaban J connectivity index is 2.06. The summed E-state index contributed by atoms with van der Waals surface area (Å²) in [6.07, 6.45) is 3.63. The standard InChI is InChI=1S/C16H20FNO3/c1-11-12(17)5-4-6-13(11)18-14(19)9-16(10-15(20)21)7-2-3-8-16/h4-6H,2-3,7-10H2,1H3,(H,18,19)(H,20,21). The summed E-state index contributed by atoms with van der Waals surface area (Å²) >= 11 is 0. The van der Waals surface area contributed by atoms with Crippen molar-refractivity contribution >= 4 is 17.6 Å². The Morgan fingerprint density at radius 3 is 2.57 bits per heavy atom. The van der Waals surface area contributed by atoms with Gasteiger partial charge in [0.25, 0.3) is 0 Å². The number of rotatable bonds is 5. The zero-order valence-electron chi connectivity index (χ0n) is 12.1. The Labute approximate surface area is 123 Å². The zero-order valence-corrected chi connectivity index (χ0v) is 12.1. The number of anilines is 1.